The summed E-state index contributed by atoms with van der Waals surface area (Å²) in [5.41, 5.74) is 2.92. The first-order valence-electron chi connectivity index (χ1n) is 8.79. The van der Waals surface area contributed by atoms with Crippen LogP contribution in [0.1, 0.15) is 32.1 Å². The molecular formula is C20H21N3O2. The second-order valence-corrected chi connectivity index (χ2v) is 6.70. The largest absolute Gasteiger partial charge is 0.508 e. The zero-order valence-corrected chi connectivity index (χ0v) is 14.0. The van der Waals surface area contributed by atoms with E-state index in [-0.39, 0.29) is 17.6 Å². The van der Waals surface area contributed by atoms with Crippen molar-refractivity contribution in [1.82, 2.24) is 10.2 Å². The highest BCUT2D eigenvalue weighted by molar-refractivity contribution is 6.01. The van der Waals surface area contributed by atoms with Gasteiger partial charge in [-0.25, -0.2) is 0 Å². The Morgan fingerprint density at radius 2 is 1.76 bits per heavy atom. The summed E-state index contributed by atoms with van der Waals surface area (Å²) >= 11 is 0. The normalized spacial score (nSPS) is 15.4. The minimum atomic E-state index is 0.0794. The lowest BCUT2D eigenvalue weighted by Crippen LogP contribution is -2.24. The molecule has 1 aromatic heterocycles. The third-order valence-corrected chi connectivity index (χ3v) is 4.98. The number of aromatic amines is 1. The van der Waals surface area contributed by atoms with E-state index in [0.29, 0.717) is 5.82 Å². The minimum Gasteiger partial charge on any atom is -0.508 e. The highest BCUT2D eigenvalue weighted by atomic mass is 16.3. The lowest BCUT2D eigenvalue weighted by molar-refractivity contribution is -0.120. The number of hydrogen-bond donors (Lipinski definition) is 3. The molecule has 0 atom stereocenters. The molecule has 1 aliphatic rings. The Bertz CT molecular complexity index is 893. The van der Waals surface area contributed by atoms with Gasteiger partial charge in [-0.1, -0.05) is 37.5 Å². The summed E-state index contributed by atoms with van der Waals surface area (Å²) in [6.07, 6.45) is 5.44. The van der Waals surface area contributed by atoms with Gasteiger partial charge in [0, 0.05) is 11.3 Å². The molecule has 5 heteroatoms. The van der Waals surface area contributed by atoms with Crippen LogP contribution in [-0.2, 0) is 4.79 Å². The van der Waals surface area contributed by atoms with E-state index in [1.54, 1.807) is 12.1 Å². The molecule has 5 nitrogen and oxygen atoms in total. The fourth-order valence-corrected chi connectivity index (χ4v) is 3.53. The van der Waals surface area contributed by atoms with Crippen molar-refractivity contribution < 1.29 is 9.90 Å². The van der Waals surface area contributed by atoms with Gasteiger partial charge in [-0.15, -0.1) is 0 Å². The molecule has 1 aliphatic carbocycles. The molecule has 128 valence electrons. The molecule has 0 aliphatic heterocycles. The third kappa shape index (κ3) is 3.22. The molecule has 25 heavy (non-hydrogen) atoms. The number of nitrogens with one attached hydrogen (secondary N) is 2. The molecule has 0 saturated heterocycles. The Kier molecular flexibility index (Phi) is 4.14. The Balaban J connectivity index is 1.57. The van der Waals surface area contributed by atoms with Gasteiger partial charge in [0.2, 0.25) is 5.91 Å². The van der Waals surface area contributed by atoms with E-state index in [0.717, 1.165) is 47.7 Å². The summed E-state index contributed by atoms with van der Waals surface area (Å²) < 4.78 is 0. The highest BCUT2D eigenvalue weighted by Crippen LogP contribution is 2.29. The predicted molar refractivity (Wildman–Crippen MR) is 98.4 cm³/mol. The number of amides is 1. The average molecular weight is 335 g/mol. The molecule has 1 fully saturated rings. The number of H-pyrrole nitrogens is 1. The molecule has 1 amide bonds. The average Bonchev–Trinajstić information content (AvgIpc) is 3.05. The Labute approximate surface area is 146 Å². The van der Waals surface area contributed by atoms with Crippen molar-refractivity contribution in [3.05, 3.63) is 42.5 Å². The quantitative estimate of drug-likeness (QED) is 0.661. The molecular weight excluding hydrogens is 314 g/mol. The van der Waals surface area contributed by atoms with E-state index in [9.17, 15) is 9.90 Å². The van der Waals surface area contributed by atoms with Crippen LogP contribution >= 0.6 is 0 Å². The molecule has 3 aromatic rings. The van der Waals surface area contributed by atoms with Crippen LogP contribution in [0.4, 0.5) is 5.82 Å². The van der Waals surface area contributed by atoms with Crippen molar-refractivity contribution >= 4 is 22.6 Å². The second kappa shape index (κ2) is 6.59. The van der Waals surface area contributed by atoms with Crippen molar-refractivity contribution in [1.29, 1.82) is 0 Å². The maximum Gasteiger partial charge on any atom is 0.228 e. The number of rotatable bonds is 3. The van der Waals surface area contributed by atoms with Crippen LogP contribution in [0, 0.1) is 5.92 Å². The standard InChI is InChI=1S/C20H21N3O2/c24-16-9-6-13(7-10-16)15-8-11-17-18(12-15)22-23-19(17)21-20(25)14-4-2-1-3-5-14/h6-12,14,24H,1-5H2,(H2,21,22,23,25). The minimum absolute atomic E-state index is 0.0794. The lowest BCUT2D eigenvalue weighted by atomic mass is 9.89. The first kappa shape index (κ1) is 15.7. The fourth-order valence-electron chi connectivity index (χ4n) is 3.53. The van der Waals surface area contributed by atoms with Gasteiger partial charge in [0.25, 0.3) is 0 Å². The van der Waals surface area contributed by atoms with Crippen LogP contribution in [0.3, 0.4) is 0 Å². The van der Waals surface area contributed by atoms with Gasteiger partial charge >= 0.3 is 0 Å². The van der Waals surface area contributed by atoms with Crippen LogP contribution in [0.15, 0.2) is 42.5 Å². The Hall–Kier alpha value is -2.82. The molecule has 0 radical (unpaired) electrons. The van der Waals surface area contributed by atoms with Crippen molar-refractivity contribution in [2.24, 2.45) is 5.92 Å². The number of phenolic OH excluding ortho intramolecular Hbond substituents is 1. The van der Waals surface area contributed by atoms with E-state index < -0.39 is 0 Å². The van der Waals surface area contributed by atoms with Gasteiger partial charge in [-0.3, -0.25) is 9.89 Å². The van der Waals surface area contributed by atoms with Gasteiger partial charge in [0.15, 0.2) is 5.82 Å². The van der Waals surface area contributed by atoms with Crippen LogP contribution in [0.25, 0.3) is 22.0 Å². The van der Waals surface area contributed by atoms with Crippen molar-refractivity contribution in [3.8, 4) is 16.9 Å². The van der Waals surface area contributed by atoms with E-state index in [2.05, 4.69) is 15.5 Å². The molecule has 0 bridgehead atoms. The summed E-state index contributed by atoms with van der Waals surface area (Å²) in [7, 11) is 0. The van der Waals surface area contributed by atoms with Gasteiger partial charge in [0.1, 0.15) is 5.75 Å². The molecule has 0 spiro atoms. The Morgan fingerprint density at radius 1 is 1.04 bits per heavy atom. The van der Waals surface area contributed by atoms with Gasteiger partial charge in [-0.2, -0.15) is 5.10 Å². The van der Waals surface area contributed by atoms with Crippen molar-refractivity contribution in [2.75, 3.05) is 5.32 Å². The predicted octanol–water partition coefficient (Wildman–Crippen LogP) is 4.45. The second-order valence-electron chi connectivity index (χ2n) is 6.70. The number of aromatic nitrogens is 2. The van der Waals surface area contributed by atoms with E-state index in [1.807, 2.05) is 30.3 Å². The zero-order chi connectivity index (χ0) is 17.2. The Morgan fingerprint density at radius 3 is 2.52 bits per heavy atom. The van der Waals surface area contributed by atoms with Gasteiger partial charge in [0.05, 0.1) is 5.52 Å². The molecule has 1 heterocycles. The van der Waals surface area contributed by atoms with E-state index in [4.69, 9.17) is 0 Å². The molecule has 4 rings (SSSR count). The van der Waals surface area contributed by atoms with Crippen molar-refractivity contribution in [3.63, 3.8) is 0 Å². The van der Waals surface area contributed by atoms with E-state index >= 15 is 0 Å². The SMILES string of the molecule is O=C(Nc1n[nH]c2cc(-c3ccc(O)cc3)ccc12)C1CCCCC1. The topological polar surface area (TPSA) is 78.0 Å². The summed E-state index contributed by atoms with van der Waals surface area (Å²) in [6.45, 7) is 0. The number of phenols is 1. The summed E-state index contributed by atoms with van der Waals surface area (Å²) in [4.78, 5) is 12.4. The number of carbonyl (C=O) groups excluding carboxylic acids is 1. The summed E-state index contributed by atoms with van der Waals surface area (Å²) in [6, 6.07) is 13.1. The van der Waals surface area contributed by atoms with E-state index in [1.165, 1.54) is 6.42 Å². The molecule has 3 N–H and O–H groups in total. The summed E-state index contributed by atoms with van der Waals surface area (Å²) in [5.74, 6) is 1.04. The maximum absolute atomic E-state index is 12.4. The molecule has 0 unspecified atom stereocenters. The lowest BCUT2D eigenvalue weighted by Gasteiger charge is -2.20. The van der Waals surface area contributed by atoms with Crippen LogP contribution in [0.2, 0.25) is 0 Å². The first-order valence-corrected chi connectivity index (χ1v) is 8.79. The number of fused-ring (bicyclic) bond motifs is 1. The monoisotopic (exact) mass is 335 g/mol. The number of carbonyl (C=O) groups is 1. The number of hydrogen-bond acceptors (Lipinski definition) is 3. The smallest absolute Gasteiger partial charge is 0.228 e. The molecule has 1 saturated carbocycles. The van der Waals surface area contributed by atoms with Crippen molar-refractivity contribution in [2.45, 2.75) is 32.1 Å². The highest BCUT2D eigenvalue weighted by Gasteiger charge is 2.22. The zero-order valence-electron chi connectivity index (χ0n) is 14.0. The fraction of sp³-hybridized carbons (Fsp3) is 0.300. The van der Waals surface area contributed by atoms with Crippen LogP contribution in [0.5, 0.6) is 5.75 Å². The number of benzene rings is 2. The third-order valence-electron chi connectivity index (χ3n) is 4.98. The van der Waals surface area contributed by atoms with Gasteiger partial charge in [-0.05, 0) is 48.2 Å². The number of aromatic hydroxyl groups is 1. The number of anilines is 1. The molecule has 2 aromatic carbocycles. The van der Waals surface area contributed by atoms with Gasteiger partial charge < -0.3 is 10.4 Å². The van der Waals surface area contributed by atoms with Crippen LogP contribution in [-0.4, -0.2) is 21.2 Å². The number of nitrogens with zero attached hydrogens (tertiary/aromatic N) is 1. The summed E-state index contributed by atoms with van der Waals surface area (Å²) in [5, 5.41) is 20.6. The first-order chi connectivity index (χ1) is 12.2. The van der Waals surface area contributed by atoms with Crippen LogP contribution < -0.4 is 5.32 Å². The maximum atomic E-state index is 12.4.